The molecule has 1 atom stereocenters. The zero-order valence-electron chi connectivity index (χ0n) is 7.71. The first-order valence-electron chi connectivity index (χ1n) is 4.13. The molecule has 1 unspecified atom stereocenters. The fourth-order valence-corrected chi connectivity index (χ4v) is 1.40. The Hall–Kier alpha value is -0.940. The molecule has 0 radical (unpaired) electrons. The Morgan fingerprint density at radius 1 is 1.13 bits per heavy atom. The van der Waals surface area contributed by atoms with Crippen LogP contribution in [0.25, 0.3) is 0 Å². The van der Waals surface area contributed by atoms with Crippen LogP contribution in [0.15, 0.2) is 23.3 Å². The quantitative estimate of drug-likeness (QED) is 0.551. The third-order valence-electron chi connectivity index (χ3n) is 2.09. The highest BCUT2D eigenvalue weighted by Crippen LogP contribution is 2.41. The molecule has 0 heterocycles. The van der Waals surface area contributed by atoms with Crippen molar-refractivity contribution >= 4 is 0 Å². The molecule has 0 N–H and O–H groups in total. The van der Waals surface area contributed by atoms with Gasteiger partial charge in [-0.15, -0.1) is 0 Å². The maximum atomic E-state index is 12.2. The zero-order chi connectivity index (χ0) is 11.9. The lowest BCUT2D eigenvalue weighted by atomic mass is 9.90. The molecule has 1 aliphatic carbocycles. The lowest BCUT2D eigenvalue weighted by Crippen LogP contribution is -2.27. The van der Waals surface area contributed by atoms with Gasteiger partial charge < -0.3 is 0 Å². The van der Waals surface area contributed by atoms with E-state index in [0.717, 1.165) is 12.2 Å². The minimum atomic E-state index is -4.68. The van der Waals surface area contributed by atoms with E-state index >= 15 is 0 Å². The number of rotatable bonds is 0. The molecule has 1 aliphatic rings. The molecule has 0 aromatic heterocycles. The highest BCUT2D eigenvalue weighted by Gasteiger charge is 2.44. The molecule has 0 spiro atoms. The van der Waals surface area contributed by atoms with Crippen LogP contribution in [-0.2, 0) is 0 Å². The summed E-state index contributed by atoms with van der Waals surface area (Å²) >= 11 is 0. The normalized spacial score (nSPS) is 23.5. The van der Waals surface area contributed by atoms with E-state index in [1.54, 1.807) is 0 Å². The van der Waals surface area contributed by atoms with Crippen molar-refractivity contribution in [2.45, 2.75) is 25.7 Å². The van der Waals surface area contributed by atoms with E-state index in [1.807, 2.05) is 0 Å². The fourth-order valence-electron chi connectivity index (χ4n) is 1.40. The molecule has 0 nitrogen and oxygen atoms in total. The second kappa shape index (κ2) is 3.57. The number of hydrogen-bond acceptors (Lipinski definition) is 0. The van der Waals surface area contributed by atoms with Gasteiger partial charge in [-0.3, -0.25) is 0 Å². The lowest BCUT2D eigenvalue weighted by molar-refractivity contribution is -0.165. The summed E-state index contributed by atoms with van der Waals surface area (Å²) in [5, 5.41) is 0. The van der Waals surface area contributed by atoms with Gasteiger partial charge in [-0.05, 0) is 13.3 Å². The Balaban J connectivity index is 2.96. The molecular formula is C9H8F6. The molecule has 1 rings (SSSR count). The molecule has 0 aromatic rings. The highest BCUT2D eigenvalue weighted by atomic mass is 19.4. The molecular weight excluding hydrogens is 222 g/mol. The van der Waals surface area contributed by atoms with Crippen LogP contribution in [0.3, 0.4) is 0 Å². The van der Waals surface area contributed by atoms with Gasteiger partial charge in [0.1, 0.15) is 0 Å². The van der Waals surface area contributed by atoms with Gasteiger partial charge in [0.15, 0.2) is 0 Å². The second-order valence-electron chi connectivity index (χ2n) is 3.43. The van der Waals surface area contributed by atoms with E-state index in [1.165, 1.54) is 6.92 Å². The number of allylic oxidation sites excluding steroid dienone is 4. The minimum absolute atomic E-state index is 0.00380. The maximum absolute atomic E-state index is 12.2. The van der Waals surface area contributed by atoms with E-state index < -0.39 is 30.3 Å². The Bertz CT molecular complexity index is 304. The van der Waals surface area contributed by atoms with Gasteiger partial charge in [0.2, 0.25) is 0 Å². The van der Waals surface area contributed by atoms with E-state index in [-0.39, 0.29) is 5.57 Å². The minimum Gasteiger partial charge on any atom is -0.170 e. The lowest BCUT2D eigenvalue weighted by Gasteiger charge is -2.24. The predicted molar refractivity (Wildman–Crippen MR) is 42.1 cm³/mol. The van der Waals surface area contributed by atoms with Crippen LogP contribution in [0.2, 0.25) is 0 Å². The monoisotopic (exact) mass is 230 g/mol. The molecule has 0 aliphatic heterocycles. The van der Waals surface area contributed by atoms with Crippen molar-refractivity contribution < 1.29 is 26.3 Å². The van der Waals surface area contributed by atoms with Gasteiger partial charge in [0, 0.05) is 5.57 Å². The van der Waals surface area contributed by atoms with Crippen LogP contribution < -0.4 is 0 Å². The van der Waals surface area contributed by atoms with Crippen molar-refractivity contribution in [2.75, 3.05) is 0 Å². The third kappa shape index (κ3) is 3.00. The van der Waals surface area contributed by atoms with Gasteiger partial charge in [-0.2, -0.15) is 26.3 Å². The molecule has 0 saturated heterocycles. The van der Waals surface area contributed by atoms with Crippen LogP contribution in [-0.4, -0.2) is 12.4 Å². The van der Waals surface area contributed by atoms with Crippen molar-refractivity contribution in [1.82, 2.24) is 0 Å². The van der Waals surface area contributed by atoms with Gasteiger partial charge >= 0.3 is 12.4 Å². The first-order chi connectivity index (χ1) is 6.60. The van der Waals surface area contributed by atoms with Crippen molar-refractivity contribution in [3.05, 3.63) is 23.3 Å². The molecule has 6 heteroatoms. The van der Waals surface area contributed by atoms with Crippen LogP contribution in [0.1, 0.15) is 13.3 Å². The van der Waals surface area contributed by atoms with Crippen LogP contribution in [0.5, 0.6) is 0 Å². The summed E-state index contributed by atoms with van der Waals surface area (Å²) in [7, 11) is 0. The first kappa shape index (κ1) is 12.1. The topological polar surface area (TPSA) is 0 Å². The van der Waals surface area contributed by atoms with E-state index in [2.05, 4.69) is 0 Å². The average Bonchev–Trinajstić information content (AvgIpc) is 1.99. The molecule has 86 valence electrons. The standard InChI is InChI=1S/C9H8F6/c1-5-2-6(8(10,11)12)4-7(3-5)9(13,14)15/h2-3,6H,4H2,1H3. The van der Waals surface area contributed by atoms with Crippen molar-refractivity contribution in [2.24, 2.45) is 5.92 Å². The SMILES string of the molecule is CC1=CC(C(F)(F)F)CC(C(F)(F)F)=C1. The Morgan fingerprint density at radius 3 is 2.07 bits per heavy atom. The predicted octanol–water partition coefficient (Wildman–Crippen LogP) is 4.00. The molecule has 15 heavy (non-hydrogen) atoms. The second-order valence-corrected chi connectivity index (χ2v) is 3.43. The summed E-state index contributed by atoms with van der Waals surface area (Å²) < 4.78 is 73.4. The summed E-state index contributed by atoms with van der Waals surface area (Å²) in [5.41, 5.74) is -1.12. The number of hydrogen-bond donors (Lipinski definition) is 0. The number of halogens is 6. The molecule has 0 amide bonds. The van der Waals surface area contributed by atoms with Gasteiger partial charge in [0.05, 0.1) is 5.92 Å². The first-order valence-corrected chi connectivity index (χ1v) is 4.13. The average molecular weight is 230 g/mol. The number of alkyl halides is 6. The van der Waals surface area contributed by atoms with Crippen LogP contribution in [0.4, 0.5) is 26.3 Å². The summed E-state index contributed by atoms with van der Waals surface area (Å²) in [4.78, 5) is 0. The van der Waals surface area contributed by atoms with E-state index in [9.17, 15) is 26.3 Å². The molecule has 0 saturated carbocycles. The summed E-state index contributed by atoms with van der Waals surface area (Å²) in [6.07, 6.45) is -8.76. The van der Waals surface area contributed by atoms with Crippen molar-refractivity contribution in [3.8, 4) is 0 Å². The fraction of sp³-hybridized carbons (Fsp3) is 0.556. The smallest absolute Gasteiger partial charge is 0.170 e. The molecule has 0 aromatic carbocycles. The van der Waals surface area contributed by atoms with Gasteiger partial charge in [-0.25, -0.2) is 0 Å². The summed E-state index contributed by atoms with van der Waals surface area (Å²) in [6, 6.07) is 0. The Labute approximate surface area is 82.3 Å². The van der Waals surface area contributed by atoms with Gasteiger partial charge in [-0.1, -0.05) is 17.7 Å². The van der Waals surface area contributed by atoms with E-state index in [0.29, 0.717) is 0 Å². The highest BCUT2D eigenvalue weighted by molar-refractivity contribution is 5.30. The third-order valence-corrected chi connectivity index (χ3v) is 2.09. The zero-order valence-corrected chi connectivity index (χ0v) is 7.71. The Morgan fingerprint density at radius 2 is 1.67 bits per heavy atom. The summed E-state index contributed by atoms with van der Waals surface area (Å²) in [6.45, 7) is 1.23. The van der Waals surface area contributed by atoms with E-state index in [4.69, 9.17) is 0 Å². The molecule has 0 bridgehead atoms. The van der Waals surface area contributed by atoms with Crippen molar-refractivity contribution in [1.29, 1.82) is 0 Å². The Kier molecular flexibility index (Phi) is 2.89. The van der Waals surface area contributed by atoms with Crippen LogP contribution in [0, 0.1) is 5.92 Å². The van der Waals surface area contributed by atoms with Gasteiger partial charge in [0.25, 0.3) is 0 Å². The van der Waals surface area contributed by atoms with Crippen molar-refractivity contribution in [3.63, 3.8) is 0 Å². The maximum Gasteiger partial charge on any atom is 0.412 e. The van der Waals surface area contributed by atoms with Crippen LogP contribution >= 0.6 is 0 Å². The molecule has 0 fully saturated rings. The summed E-state index contributed by atoms with van der Waals surface area (Å²) in [5.74, 6) is -2.03. The largest absolute Gasteiger partial charge is 0.412 e.